The molecule has 0 aliphatic carbocycles. The predicted molar refractivity (Wildman–Crippen MR) is 108 cm³/mol. The van der Waals surface area contributed by atoms with Crippen molar-refractivity contribution in [3.05, 3.63) is 93.9 Å². The molecule has 30 heavy (non-hydrogen) atoms. The molecule has 152 valence electrons. The Hall–Kier alpha value is -4.27. The Morgan fingerprint density at radius 1 is 0.967 bits per heavy atom. The number of hydrogen-bond acceptors (Lipinski definition) is 6. The van der Waals surface area contributed by atoms with E-state index in [-0.39, 0.29) is 17.8 Å². The van der Waals surface area contributed by atoms with Crippen LogP contribution < -0.4 is 16.6 Å². The highest BCUT2D eigenvalue weighted by molar-refractivity contribution is 5.96. The quantitative estimate of drug-likeness (QED) is 0.566. The number of nitrogens with two attached hydrogens (primary N) is 1. The molecule has 0 saturated heterocycles. The van der Waals surface area contributed by atoms with Gasteiger partial charge in [-0.05, 0) is 35.9 Å². The Labute approximate surface area is 171 Å². The maximum absolute atomic E-state index is 12.2. The summed E-state index contributed by atoms with van der Waals surface area (Å²) in [5.74, 6) is -1.99. The van der Waals surface area contributed by atoms with Crippen molar-refractivity contribution < 1.29 is 19.1 Å². The normalized spacial score (nSPS) is 10.3. The molecule has 0 atom stereocenters. The van der Waals surface area contributed by atoms with Gasteiger partial charge >= 0.3 is 5.97 Å². The number of aromatic nitrogens is 2. The number of carbonyl (C=O) groups excluding carboxylic acids is 3. The van der Waals surface area contributed by atoms with Crippen LogP contribution in [0.15, 0.2) is 71.5 Å². The predicted octanol–water partition coefficient (Wildman–Crippen LogP) is 1.19. The van der Waals surface area contributed by atoms with Gasteiger partial charge in [0.2, 0.25) is 5.91 Å². The van der Waals surface area contributed by atoms with Crippen molar-refractivity contribution in [1.29, 1.82) is 0 Å². The van der Waals surface area contributed by atoms with Gasteiger partial charge in [-0.3, -0.25) is 14.4 Å². The van der Waals surface area contributed by atoms with E-state index < -0.39 is 24.4 Å². The largest absolute Gasteiger partial charge is 0.451 e. The molecule has 1 aromatic heterocycles. The first-order valence-electron chi connectivity index (χ1n) is 8.91. The van der Waals surface area contributed by atoms with Gasteiger partial charge in [0.1, 0.15) is 0 Å². The summed E-state index contributed by atoms with van der Waals surface area (Å²) in [6, 6.07) is 17.6. The fourth-order valence-electron chi connectivity index (χ4n) is 2.55. The van der Waals surface area contributed by atoms with Crippen LogP contribution in [0.1, 0.15) is 26.4 Å². The monoisotopic (exact) mass is 406 g/mol. The molecule has 0 bridgehead atoms. The van der Waals surface area contributed by atoms with Crippen molar-refractivity contribution in [2.45, 2.75) is 6.54 Å². The van der Waals surface area contributed by atoms with Crippen molar-refractivity contribution in [3.63, 3.8) is 0 Å². The average Bonchev–Trinajstić information content (AvgIpc) is 2.74. The number of primary amides is 1. The third kappa shape index (κ3) is 5.38. The molecule has 0 radical (unpaired) electrons. The SMILES string of the molecule is NC(=O)c1ccc(NC(=O)COC(=O)c2ccc(=O)n(Cc3ccccc3)n2)cc1. The van der Waals surface area contributed by atoms with Crippen molar-refractivity contribution in [2.75, 3.05) is 11.9 Å². The molecule has 0 fully saturated rings. The van der Waals surface area contributed by atoms with Gasteiger partial charge in [-0.15, -0.1) is 0 Å². The molecule has 0 aliphatic heterocycles. The first-order chi connectivity index (χ1) is 14.4. The molecule has 1 heterocycles. The Kier molecular flexibility index (Phi) is 6.33. The first-order valence-corrected chi connectivity index (χ1v) is 8.91. The number of ether oxygens (including phenoxy) is 1. The Balaban J connectivity index is 1.59. The first kappa shape index (κ1) is 20.5. The summed E-state index contributed by atoms with van der Waals surface area (Å²) in [4.78, 5) is 47.2. The maximum atomic E-state index is 12.2. The van der Waals surface area contributed by atoms with E-state index >= 15 is 0 Å². The summed E-state index contributed by atoms with van der Waals surface area (Å²) >= 11 is 0. The summed E-state index contributed by atoms with van der Waals surface area (Å²) in [7, 11) is 0. The van der Waals surface area contributed by atoms with Crippen LogP contribution >= 0.6 is 0 Å². The third-order valence-corrected chi connectivity index (χ3v) is 4.04. The van der Waals surface area contributed by atoms with Crippen LogP contribution in [0.5, 0.6) is 0 Å². The van der Waals surface area contributed by atoms with E-state index in [1.165, 1.54) is 36.4 Å². The van der Waals surface area contributed by atoms with Crippen LogP contribution in [0.3, 0.4) is 0 Å². The van der Waals surface area contributed by atoms with Crippen LogP contribution in [0.2, 0.25) is 0 Å². The Morgan fingerprint density at radius 3 is 2.33 bits per heavy atom. The number of anilines is 1. The third-order valence-electron chi connectivity index (χ3n) is 4.04. The summed E-state index contributed by atoms with van der Waals surface area (Å²) in [6.07, 6.45) is 0. The highest BCUT2D eigenvalue weighted by Gasteiger charge is 2.14. The molecule has 0 aliphatic rings. The number of amides is 2. The zero-order valence-electron chi connectivity index (χ0n) is 15.8. The highest BCUT2D eigenvalue weighted by Crippen LogP contribution is 2.09. The summed E-state index contributed by atoms with van der Waals surface area (Å²) in [5, 5.41) is 6.53. The van der Waals surface area contributed by atoms with Gasteiger partial charge in [-0.2, -0.15) is 5.10 Å². The Bertz CT molecular complexity index is 1120. The van der Waals surface area contributed by atoms with Crippen molar-refractivity contribution in [1.82, 2.24) is 9.78 Å². The lowest BCUT2D eigenvalue weighted by molar-refractivity contribution is -0.119. The number of esters is 1. The maximum Gasteiger partial charge on any atom is 0.359 e. The van der Waals surface area contributed by atoms with Crippen LogP contribution in [-0.4, -0.2) is 34.2 Å². The second-order valence-electron chi connectivity index (χ2n) is 6.27. The molecule has 0 unspecified atom stereocenters. The summed E-state index contributed by atoms with van der Waals surface area (Å²) in [5.41, 5.74) is 6.25. The standard InChI is InChI=1S/C21H18N4O5/c22-20(28)15-6-8-16(9-7-15)23-18(26)13-30-21(29)17-10-11-19(27)25(24-17)12-14-4-2-1-3-5-14/h1-11H,12-13H2,(H2,22,28)(H,23,26). The van der Waals surface area contributed by atoms with Gasteiger partial charge in [0.05, 0.1) is 6.54 Å². The van der Waals surface area contributed by atoms with Crippen LogP contribution in [-0.2, 0) is 16.1 Å². The second-order valence-corrected chi connectivity index (χ2v) is 6.27. The molecule has 0 saturated carbocycles. The van der Waals surface area contributed by atoms with E-state index in [0.29, 0.717) is 11.3 Å². The van der Waals surface area contributed by atoms with E-state index in [1.54, 1.807) is 0 Å². The minimum Gasteiger partial charge on any atom is -0.451 e. The zero-order chi connectivity index (χ0) is 21.5. The smallest absolute Gasteiger partial charge is 0.359 e. The number of hydrogen-bond donors (Lipinski definition) is 2. The van der Waals surface area contributed by atoms with Crippen molar-refractivity contribution in [3.8, 4) is 0 Å². The topological polar surface area (TPSA) is 133 Å². The number of nitrogens with zero attached hydrogens (tertiary/aromatic N) is 2. The van der Waals surface area contributed by atoms with Crippen molar-refractivity contribution in [2.24, 2.45) is 5.73 Å². The number of nitrogens with one attached hydrogen (secondary N) is 1. The fourth-order valence-corrected chi connectivity index (χ4v) is 2.55. The van der Waals surface area contributed by atoms with Crippen molar-refractivity contribution >= 4 is 23.5 Å². The summed E-state index contributed by atoms with van der Waals surface area (Å²) in [6.45, 7) is -0.349. The molecular formula is C21H18N4O5. The van der Waals surface area contributed by atoms with E-state index in [1.807, 2.05) is 30.3 Å². The second kappa shape index (κ2) is 9.28. The Morgan fingerprint density at radius 2 is 1.67 bits per heavy atom. The van der Waals surface area contributed by atoms with E-state index in [9.17, 15) is 19.2 Å². The van der Waals surface area contributed by atoms with Crippen LogP contribution in [0, 0.1) is 0 Å². The summed E-state index contributed by atoms with van der Waals surface area (Å²) < 4.78 is 6.11. The molecule has 3 N–H and O–H groups in total. The van der Waals surface area contributed by atoms with E-state index in [2.05, 4.69) is 10.4 Å². The molecule has 9 heteroatoms. The lowest BCUT2D eigenvalue weighted by Gasteiger charge is -2.08. The highest BCUT2D eigenvalue weighted by atomic mass is 16.5. The molecule has 3 rings (SSSR count). The van der Waals surface area contributed by atoms with Gasteiger partial charge in [-0.25, -0.2) is 9.48 Å². The minimum atomic E-state index is -0.837. The van der Waals surface area contributed by atoms with Crippen LogP contribution in [0.25, 0.3) is 0 Å². The molecule has 2 amide bonds. The van der Waals surface area contributed by atoms with Crippen LogP contribution in [0.4, 0.5) is 5.69 Å². The molecule has 0 spiro atoms. The number of benzene rings is 2. The van der Waals surface area contributed by atoms with E-state index in [4.69, 9.17) is 10.5 Å². The van der Waals surface area contributed by atoms with Gasteiger partial charge in [0.15, 0.2) is 12.3 Å². The van der Waals surface area contributed by atoms with Gasteiger partial charge in [0.25, 0.3) is 11.5 Å². The number of rotatable bonds is 7. The fraction of sp³-hybridized carbons (Fsp3) is 0.0952. The van der Waals surface area contributed by atoms with Gasteiger partial charge in [0, 0.05) is 17.3 Å². The van der Waals surface area contributed by atoms with Gasteiger partial charge in [-0.1, -0.05) is 30.3 Å². The number of carbonyl (C=O) groups is 3. The van der Waals surface area contributed by atoms with E-state index in [0.717, 1.165) is 10.2 Å². The lowest BCUT2D eigenvalue weighted by Crippen LogP contribution is -2.26. The molecule has 9 nitrogen and oxygen atoms in total. The lowest BCUT2D eigenvalue weighted by atomic mass is 10.2. The minimum absolute atomic E-state index is 0.0934. The van der Waals surface area contributed by atoms with Gasteiger partial charge < -0.3 is 15.8 Å². The zero-order valence-corrected chi connectivity index (χ0v) is 15.8. The average molecular weight is 406 g/mol. The molecular weight excluding hydrogens is 388 g/mol. The molecule has 2 aromatic carbocycles. The molecule has 3 aromatic rings.